The Hall–Kier alpha value is -1.63. The van der Waals surface area contributed by atoms with Gasteiger partial charge in [-0.25, -0.2) is 13.4 Å². The number of nitrogens with one attached hydrogen (secondary N) is 1. The van der Waals surface area contributed by atoms with Gasteiger partial charge in [-0.15, -0.1) is 0 Å². The Balaban J connectivity index is 2.40. The molecule has 2 rings (SSSR count). The van der Waals surface area contributed by atoms with Crippen LogP contribution in [0.25, 0.3) is 0 Å². The van der Waals surface area contributed by atoms with Crippen molar-refractivity contribution in [2.75, 3.05) is 10.5 Å². The number of aromatic nitrogens is 1. The minimum absolute atomic E-state index is 0.0595. The molecule has 0 unspecified atom stereocenters. The lowest BCUT2D eigenvalue weighted by molar-refractivity contribution is 0.601. The van der Waals surface area contributed by atoms with Crippen molar-refractivity contribution in [3.8, 4) is 6.07 Å². The molecule has 0 bridgehead atoms. The largest absolute Gasteiger partial charge is 0.397 e. The molecule has 0 fully saturated rings. The quantitative estimate of drug-likeness (QED) is 0.726. The molecule has 0 saturated heterocycles. The lowest BCUT2D eigenvalue weighted by Gasteiger charge is -2.12. The van der Waals surface area contributed by atoms with Gasteiger partial charge in [0.1, 0.15) is 16.7 Å². The van der Waals surface area contributed by atoms with Gasteiger partial charge in [0.2, 0.25) is 0 Å². The maximum Gasteiger partial charge on any atom is 0.263 e. The Bertz CT molecular complexity index is 806. The van der Waals surface area contributed by atoms with Gasteiger partial charge in [-0.05, 0) is 40.2 Å². The number of nitriles is 1. The first-order valence-corrected chi connectivity index (χ1v) is 8.54. The molecule has 108 valence electrons. The number of nitrogens with two attached hydrogens (primary N) is 1. The number of halogens is 2. The first-order chi connectivity index (χ1) is 9.83. The number of rotatable bonds is 3. The van der Waals surface area contributed by atoms with Gasteiger partial charge in [-0.1, -0.05) is 15.9 Å². The molecular weight excluding hydrogens is 424 g/mol. The van der Waals surface area contributed by atoms with Crippen LogP contribution >= 0.6 is 31.9 Å². The Labute approximate surface area is 138 Å². The number of anilines is 2. The highest BCUT2D eigenvalue weighted by Gasteiger charge is 2.18. The van der Waals surface area contributed by atoms with Crippen LogP contribution in [-0.4, -0.2) is 13.4 Å². The summed E-state index contributed by atoms with van der Waals surface area (Å²) in [6.07, 6.45) is 1.11. The highest BCUT2D eigenvalue weighted by Crippen LogP contribution is 2.34. The topological polar surface area (TPSA) is 109 Å². The first kappa shape index (κ1) is 15.8. The molecule has 2 aromatic rings. The molecule has 0 aliphatic carbocycles. The number of nitrogen functional groups attached to an aromatic ring is 1. The summed E-state index contributed by atoms with van der Waals surface area (Å²) >= 11 is 6.51. The predicted octanol–water partition coefficient (Wildman–Crippen LogP) is 2.86. The highest BCUT2D eigenvalue weighted by molar-refractivity contribution is 9.11. The van der Waals surface area contributed by atoms with Crippen LogP contribution in [-0.2, 0) is 10.0 Å². The normalized spacial score (nSPS) is 10.9. The monoisotopic (exact) mass is 430 g/mol. The van der Waals surface area contributed by atoms with E-state index < -0.39 is 10.0 Å². The predicted molar refractivity (Wildman–Crippen MR) is 86.0 cm³/mol. The molecule has 6 nitrogen and oxygen atoms in total. The molecule has 0 saturated carbocycles. The Morgan fingerprint density at radius 3 is 2.52 bits per heavy atom. The van der Waals surface area contributed by atoms with Crippen LogP contribution in [0.1, 0.15) is 5.69 Å². The van der Waals surface area contributed by atoms with Crippen LogP contribution in [0.2, 0.25) is 0 Å². The number of hydrogen-bond donors (Lipinski definition) is 2. The first-order valence-electron chi connectivity index (χ1n) is 5.47. The van der Waals surface area contributed by atoms with Gasteiger partial charge in [0.05, 0.1) is 11.4 Å². The van der Waals surface area contributed by atoms with E-state index in [-0.39, 0.29) is 22.0 Å². The minimum atomic E-state index is -3.84. The fourth-order valence-electron chi connectivity index (χ4n) is 1.50. The van der Waals surface area contributed by atoms with E-state index in [1.807, 2.05) is 6.07 Å². The minimum Gasteiger partial charge on any atom is -0.397 e. The fourth-order valence-corrected chi connectivity index (χ4v) is 4.04. The SMILES string of the molecule is N#Cc1ccc(S(=O)(=O)Nc2c(N)cc(Br)cc2Br)cn1. The van der Waals surface area contributed by atoms with Crippen LogP contribution in [0.5, 0.6) is 0 Å². The molecule has 0 amide bonds. The summed E-state index contributed by atoms with van der Waals surface area (Å²) in [6, 6.07) is 7.71. The van der Waals surface area contributed by atoms with E-state index in [4.69, 9.17) is 11.0 Å². The maximum atomic E-state index is 12.3. The number of hydrogen-bond acceptors (Lipinski definition) is 5. The summed E-state index contributed by atoms with van der Waals surface area (Å²) < 4.78 is 28.1. The van der Waals surface area contributed by atoms with Gasteiger partial charge in [-0.2, -0.15) is 5.26 Å². The summed E-state index contributed by atoms with van der Waals surface area (Å²) in [7, 11) is -3.84. The zero-order chi connectivity index (χ0) is 15.6. The van der Waals surface area contributed by atoms with Crippen molar-refractivity contribution in [1.29, 1.82) is 5.26 Å². The van der Waals surface area contributed by atoms with Gasteiger partial charge in [0.15, 0.2) is 0 Å². The average molecular weight is 432 g/mol. The third-order valence-electron chi connectivity index (χ3n) is 2.48. The van der Waals surface area contributed by atoms with Crippen molar-refractivity contribution >= 4 is 53.3 Å². The number of pyridine rings is 1. The lowest BCUT2D eigenvalue weighted by atomic mass is 10.3. The van der Waals surface area contributed by atoms with Crippen molar-refractivity contribution in [3.05, 3.63) is 45.1 Å². The Kier molecular flexibility index (Phi) is 4.51. The summed E-state index contributed by atoms with van der Waals surface area (Å²) in [4.78, 5) is 3.67. The highest BCUT2D eigenvalue weighted by atomic mass is 79.9. The second kappa shape index (κ2) is 6.01. The Morgan fingerprint density at radius 1 is 1.29 bits per heavy atom. The van der Waals surface area contributed by atoms with Crippen molar-refractivity contribution in [1.82, 2.24) is 4.98 Å². The standard InChI is InChI=1S/C12H8Br2N4O2S/c13-7-3-10(14)12(11(16)4-7)18-21(19,20)9-2-1-8(5-15)17-6-9/h1-4,6,18H,16H2. The van der Waals surface area contributed by atoms with Gasteiger partial charge in [0.25, 0.3) is 10.0 Å². The fraction of sp³-hybridized carbons (Fsp3) is 0. The van der Waals surface area contributed by atoms with Crippen LogP contribution in [0.4, 0.5) is 11.4 Å². The molecule has 0 aliphatic heterocycles. The molecule has 3 N–H and O–H groups in total. The van der Waals surface area contributed by atoms with E-state index in [1.54, 1.807) is 12.1 Å². The second-order valence-corrected chi connectivity index (χ2v) is 7.40. The molecular formula is C12H8Br2N4O2S. The van der Waals surface area contributed by atoms with Crippen LogP contribution in [0.15, 0.2) is 44.3 Å². The molecule has 1 aromatic heterocycles. The summed E-state index contributed by atoms with van der Waals surface area (Å²) in [5.74, 6) is 0. The van der Waals surface area contributed by atoms with E-state index >= 15 is 0 Å². The van der Waals surface area contributed by atoms with Crippen molar-refractivity contribution in [2.45, 2.75) is 4.90 Å². The van der Waals surface area contributed by atoms with Crippen LogP contribution in [0, 0.1) is 11.3 Å². The molecule has 0 atom stereocenters. The molecule has 1 aromatic carbocycles. The van der Waals surface area contributed by atoms with Gasteiger partial charge < -0.3 is 5.73 Å². The van der Waals surface area contributed by atoms with Gasteiger partial charge in [0, 0.05) is 15.1 Å². The number of nitrogens with zero attached hydrogens (tertiary/aromatic N) is 2. The van der Waals surface area contributed by atoms with Crippen molar-refractivity contribution in [3.63, 3.8) is 0 Å². The summed E-state index contributed by atoms with van der Waals surface area (Å²) in [5, 5.41) is 8.66. The molecule has 21 heavy (non-hydrogen) atoms. The molecule has 0 spiro atoms. The van der Waals surface area contributed by atoms with E-state index in [2.05, 4.69) is 41.6 Å². The van der Waals surface area contributed by atoms with Crippen LogP contribution < -0.4 is 10.5 Å². The lowest BCUT2D eigenvalue weighted by Crippen LogP contribution is -2.15. The van der Waals surface area contributed by atoms with Crippen molar-refractivity contribution in [2.24, 2.45) is 0 Å². The third kappa shape index (κ3) is 3.53. The van der Waals surface area contributed by atoms with Crippen LogP contribution in [0.3, 0.4) is 0 Å². The molecule has 9 heteroatoms. The number of benzene rings is 1. The van der Waals surface area contributed by atoms with Gasteiger partial charge >= 0.3 is 0 Å². The van der Waals surface area contributed by atoms with E-state index in [1.165, 1.54) is 12.1 Å². The van der Waals surface area contributed by atoms with Crippen molar-refractivity contribution < 1.29 is 8.42 Å². The number of sulfonamides is 1. The Morgan fingerprint density at radius 2 is 2.00 bits per heavy atom. The van der Waals surface area contributed by atoms with E-state index in [0.29, 0.717) is 4.47 Å². The summed E-state index contributed by atoms with van der Waals surface area (Å²) in [5.41, 5.74) is 6.45. The van der Waals surface area contributed by atoms with E-state index in [9.17, 15) is 8.42 Å². The summed E-state index contributed by atoms with van der Waals surface area (Å²) in [6.45, 7) is 0. The zero-order valence-electron chi connectivity index (χ0n) is 10.3. The maximum absolute atomic E-state index is 12.3. The molecule has 0 radical (unpaired) electrons. The zero-order valence-corrected chi connectivity index (χ0v) is 14.3. The molecule has 0 aliphatic rings. The smallest absolute Gasteiger partial charge is 0.263 e. The second-order valence-electron chi connectivity index (χ2n) is 3.95. The average Bonchev–Trinajstić information content (AvgIpc) is 2.43. The molecule has 1 heterocycles. The third-order valence-corrected chi connectivity index (χ3v) is 4.90. The van der Waals surface area contributed by atoms with E-state index in [0.717, 1.165) is 10.7 Å². The van der Waals surface area contributed by atoms with Gasteiger partial charge in [-0.3, -0.25) is 4.72 Å².